The lowest BCUT2D eigenvalue weighted by molar-refractivity contribution is 0.371. The van der Waals surface area contributed by atoms with Gasteiger partial charge in [-0.05, 0) is 30.2 Å². The molecule has 1 rings (SSSR count). The standard InChI is InChI=1S/C14H14N2O2S/c1-3-4-10-5-9(6-11(8-15)14(16)19)7-12(18-2)13(10)17/h3,5-7,17H,1,4H2,2H3,(H2,16,19). The van der Waals surface area contributed by atoms with Crippen LogP contribution in [0.5, 0.6) is 11.5 Å². The summed E-state index contributed by atoms with van der Waals surface area (Å²) < 4.78 is 5.09. The number of nitrogens with zero attached hydrogens (tertiary/aromatic N) is 1. The van der Waals surface area contributed by atoms with E-state index in [-0.39, 0.29) is 16.3 Å². The minimum Gasteiger partial charge on any atom is -0.504 e. The highest BCUT2D eigenvalue weighted by Crippen LogP contribution is 2.32. The Hall–Kier alpha value is -2.32. The van der Waals surface area contributed by atoms with Crippen LogP contribution >= 0.6 is 12.2 Å². The number of nitriles is 1. The first-order valence-corrected chi connectivity index (χ1v) is 5.86. The van der Waals surface area contributed by atoms with Crippen molar-refractivity contribution in [2.45, 2.75) is 6.42 Å². The number of rotatable bonds is 5. The third-order valence-electron chi connectivity index (χ3n) is 2.46. The van der Waals surface area contributed by atoms with Gasteiger partial charge in [0, 0.05) is 5.56 Å². The van der Waals surface area contributed by atoms with Gasteiger partial charge in [-0.25, -0.2) is 0 Å². The molecule has 1 aromatic rings. The smallest absolute Gasteiger partial charge is 0.161 e. The Morgan fingerprint density at radius 2 is 2.32 bits per heavy atom. The minimum absolute atomic E-state index is 0.0276. The molecule has 0 saturated carbocycles. The molecule has 0 aromatic heterocycles. The zero-order valence-corrected chi connectivity index (χ0v) is 11.3. The third kappa shape index (κ3) is 3.57. The largest absolute Gasteiger partial charge is 0.504 e. The van der Waals surface area contributed by atoms with Crippen LogP contribution in [0, 0.1) is 11.3 Å². The second kappa shape index (κ2) is 6.57. The van der Waals surface area contributed by atoms with Crippen LogP contribution in [0.2, 0.25) is 0 Å². The third-order valence-corrected chi connectivity index (χ3v) is 2.68. The molecule has 98 valence electrons. The number of thiocarbonyl (C=S) groups is 1. The predicted molar refractivity (Wildman–Crippen MR) is 78.9 cm³/mol. The molecule has 0 unspecified atom stereocenters. The highest BCUT2D eigenvalue weighted by Gasteiger charge is 2.10. The molecule has 0 saturated heterocycles. The predicted octanol–water partition coefficient (Wildman–Crippen LogP) is 2.32. The molecule has 0 fully saturated rings. The van der Waals surface area contributed by atoms with Crippen molar-refractivity contribution in [3.05, 3.63) is 41.5 Å². The maximum Gasteiger partial charge on any atom is 0.161 e. The zero-order valence-electron chi connectivity index (χ0n) is 10.5. The summed E-state index contributed by atoms with van der Waals surface area (Å²) in [5, 5.41) is 18.9. The Bertz CT molecular complexity index is 586. The van der Waals surface area contributed by atoms with Crippen LogP contribution < -0.4 is 10.5 Å². The van der Waals surface area contributed by atoms with Gasteiger partial charge in [-0.15, -0.1) is 6.58 Å². The lowest BCUT2D eigenvalue weighted by Crippen LogP contribution is -2.09. The van der Waals surface area contributed by atoms with Crippen molar-refractivity contribution in [1.29, 1.82) is 5.26 Å². The van der Waals surface area contributed by atoms with Gasteiger partial charge in [0.1, 0.15) is 11.1 Å². The van der Waals surface area contributed by atoms with Crippen LogP contribution in [0.15, 0.2) is 30.4 Å². The monoisotopic (exact) mass is 274 g/mol. The number of phenols is 1. The number of phenolic OH excluding ortho intramolecular Hbond substituents is 1. The van der Waals surface area contributed by atoms with E-state index in [1.807, 2.05) is 6.07 Å². The number of allylic oxidation sites excluding steroid dienone is 1. The number of ether oxygens (including phenoxy) is 1. The Balaban J connectivity index is 3.37. The van der Waals surface area contributed by atoms with Gasteiger partial charge >= 0.3 is 0 Å². The lowest BCUT2D eigenvalue weighted by atomic mass is 10.0. The first-order valence-electron chi connectivity index (χ1n) is 5.45. The fourth-order valence-electron chi connectivity index (χ4n) is 1.56. The van der Waals surface area contributed by atoms with E-state index >= 15 is 0 Å². The highest BCUT2D eigenvalue weighted by atomic mass is 32.1. The second-order valence-corrected chi connectivity index (χ2v) is 4.20. The van der Waals surface area contributed by atoms with Crippen molar-refractivity contribution in [3.63, 3.8) is 0 Å². The molecule has 4 nitrogen and oxygen atoms in total. The Kier molecular flexibility index (Phi) is 5.10. The molecule has 0 radical (unpaired) electrons. The number of benzene rings is 1. The van der Waals surface area contributed by atoms with E-state index in [2.05, 4.69) is 6.58 Å². The van der Waals surface area contributed by atoms with Gasteiger partial charge in [0.2, 0.25) is 0 Å². The molecule has 0 bridgehead atoms. The average Bonchev–Trinajstić information content (AvgIpc) is 2.39. The second-order valence-electron chi connectivity index (χ2n) is 3.76. The van der Waals surface area contributed by atoms with Crippen LogP contribution in [0.25, 0.3) is 6.08 Å². The van der Waals surface area contributed by atoms with Gasteiger partial charge < -0.3 is 15.6 Å². The van der Waals surface area contributed by atoms with Gasteiger partial charge in [-0.2, -0.15) is 5.26 Å². The Labute approximate surface area is 117 Å². The summed E-state index contributed by atoms with van der Waals surface area (Å²) in [6.45, 7) is 3.63. The molecule has 0 atom stereocenters. The zero-order chi connectivity index (χ0) is 14.4. The van der Waals surface area contributed by atoms with E-state index in [0.29, 0.717) is 23.3 Å². The van der Waals surface area contributed by atoms with E-state index in [0.717, 1.165) is 0 Å². The summed E-state index contributed by atoms with van der Waals surface area (Å²) in [6.07, 6.45) is 3.70. The fourth-order valence-corrected chi connectivity index (χ4v) is 1.67. The Morgan fingerprint density at radius 3 is 2.79 bits per heavy atom. The number of hydrogen-bond acceptors (Lipinski definition) is 4. The summed E-state index contributed by atoms with van der Waals surface area (Å²) in [6, 6.07) is 5.26. The van der Waals surface area contributed by atoms with E-state index in [1.54, 1.807) is 24.3 Å². The molecule has 0 aliphatic heterocycles. The number of hydrogen-bond donors (Lipinski definition) is 2. The van der Waals surface area contributed by atoms with Crippen LogP contribution in [-0.2, 0) is 6.42 Å². The highest BCUT2D eigenvalue weighted by molar-refractivity contribution is 7.80. The normalized spacial score (nSPS) is 10.6. The molecule has 0 spiro atoms. The van der Waals surface area contributed by atoms with Crippen molar-refractivity contribution in [2.24, 2.45) is 5.73 Å². The molecule has 3 N–H and O–H groups in total. The molecule has 0 aliphatic carbocycles. The molecular formula is C14H14N2O2S. The van der Waals surface area contributed by atoms with Gasteiger partial charge in [-0.1, -0.05) is 18.3 Å². The van der Waals surface area contributed by atoms with Gasteiger partial charge in [0.05, 0.1) is 12.7 Å². The summed E-state index contributed by atoms with van der Waals surface area (Å²) in [7, 11) is 1.46. The first-order chi connectivity index (χ1) is 9.03. The van der Waals surface area contributed by atoms with Gasteiger partial charge in [-0.3, -0.25) is 0 Å². The fraction of sp³-hybridized carbons (Fsp3) is 0.143. The molecule has 0 aliphatic rings. The maximum absolute atomic E-state index is 9.94. The van der Waals surface area contributed by atoms with Gasteiger partial charge in [0.25, 0.3) is 0 Å². The molecule has 19 heavy (non-hydrogen) atoms. The summed E-state index contributed by atoms with van der Waals surface area (Å²) >= 11 is 4.78. The topological polar surface area (TPSA) is 79.3 Å². The summed E-state index contributed by atoms with van der Waals surface area (Å²) in [5.74, 6) is 0.388. The number of nitrogens with two attached hydrogens (primary N) is 1. The number of methoxy groups -OCH3 is 1. The molecule has 5 heteroatoms. The minimum atomic E-state index is 0.0276. The van der Waals surface area contributed by atoms with Crippen molar-refractivity contribution in [2.75, 3.05) is 7.11 Å². The number of aromatic hydroxyl groups is 1. The SMILES string of the molecule is C=CCc1cc(C=C(C#N)C(N)=S)cc(OC)c1O. The van der Waals surface area contributed by atoms with E-state index in [1.165, 1.54) is 7.11 Å². The van der Waals surface area contributed by atoms with Gasteiger partial charge in [0.15, 0.2) is 11.5 Å². The molecule has 0 amide bonds. The van der Waals surface area contributed by atoms with Crippen LogP contribution in [0.3, 0.4) is 0 Å². The molecule has 1 aromatic carbocycles. The van der Waals surface area contributed by atoms with Crippen LogP contribution in [0.1, 0.15) is 11.1 Å². The van der Waals surface area contributed by atoms with Crippen LogP contribution in [0.4, 0.5) is 0 Å². The van der Waals surface area contributed by atoms with E-state index in [9.17, 15) is 5.11 Å². The maximum atomic E-state index is 9.94. The summed E-state index contributed by atoms with van der Waals surface area (Å²) in [4.78, 5) is 0.0276. The molecule has 0 heterocycles. The van der Waals surface area contributed by atoms with Crippen molar-refractivity contribution in [3.8, 4) is 17.6 Å². The van der Waals surface area contributed by atoms with Crippen molar-refractivity contribution >= 4 is 23.3 Å². The molecular weight excluding hydrogens is 260 g/mol. The van der Waals surface area contributed by atoms with Crippen molar-refractivity contribution in [1.82, 2.24) is 0 Å². The average molecular weight is 274 g/mol. The quantitative estimate of drug-likeness (QED) is 0.373. The van der Waals surface area contributed by atoms with E-state index < -0.39 is 0 Å². The van der Waals surface area contributed by atoms with Crippen molar-refractivity contribution < 1.29 is 9.84 Å². The summed E-state index contributed by atoms with van der Waals surface area (Å²) in [5.41, 5.74) is 6.97. The van der Waals surface area contributed by atoms with Crippen LogP contribution in [-0.4, -0.2) is 17.2 Å². The lowest BCUT2D eigenvalue weighted by Gasteiger charge is -2.09. The van der Waals surface area contributed by atoms with E-state index in [4.69, 9.17) is 28.0 Å². The first kappa shape index (κ1) is 14.7. The Morgan fingerprint density at radius 1 is 1.63 bits per heavy atom.